The Balaban J connectivity index is 2.42. The van der Waals surface area contributed by atoms with Gasteiger partial charge in [0.25, 0.3) is 11.8 Å². The number of benzene rings is 1. The zero-order valence-electron chi connectivity index (χ0n) is 10.4. The van der Waals surface area contributed by atoms with Crippen LogP contribution in [0.3, 0.4) is 0 Å². The lowest BCUT2D eigenvalue weighted by Gasteiger charge is -2.15. The highest BCUT2D eigenvalue weighted by Crippen LogP contribution is 2.21. The lowest BCUT2D eigenvalue weighted by molar-refractivity contribution is -0.124. The Kier molecular flexibility index (Phi) is 5.50. The van der Waals surface area contributed by atoms with Gasteiger partial charge in [-0.3, -0.25) is 4.79 Å². The molecule has 0 fully saturated rings. The first-order valence-corrected chi connectivity index (χ1v) is 5.95. The first-order chi connectivity index (χ1) is 8.84. The highest BCUT2D eigenvalue weighted by atomic mass is 35.5. The van der Waals surface area contributed by atoms with Gasteiger partial charge in [-0.05, 0) is 30.7 Å². The van der Waals surface area contributed by atoms with Crippen LogP contribution in [0.4, 0.5) is 8.78 Å². The van der Waals surface area contributed by atoms with Crippen LogP contribution in [0.5, 0.6) is 5.75 Å². The molecule has 1 amide bonds. The average molecular weight is 293 g/mol. The molecule has 0 unspecified atom stereocenters. The third-order valence-electron chi connectivity index (χ3n) is 2.34. The summed E-state index contributed by atoms with van der Waals surface area (Å²) < 4.78 is 30.8. The molecule has 0 saturated heterocycles. The van der Waals surface area contributed by atoms with Crippen molar-refractivity contribution in [2.24, 2.45) is 5.73 Å². The smallest absolute Gasteiger partial charge is 0.277 e. The summed E-state index contributed by atoms with van der Waals surface area (Å²) in [6, 6.07) is 4.90. The molecule has 1 aromatic carbocycles. The predicted octanol–water partition coefficient (Wildman–Crippen LogP) is 1.74. The number of carbonyl (C=O) groups excluding carboxylic acids is 1. The van der Waals surface area contributed by atoms with Crippen molar-refractivity contribution in [2.75, 3.05) is 19.7 Å². The van der Waals surface area contributed by atoms with Crippen molar-refractivity contribution >= 4 is 17.5 Å². The molecule has 19 heavy (non-hydrogen) atoms. The SMILES string of the molecule is Cc1cc(Cl)ccc1OCC(=O)NCC(F)(F)CN. The lowest BCUT2D eigenvalue weighted by Crippen LogP contribution is -2.43. The van der Waals surface area contributed by atoms with E-state index in [0.29, 0.717) is 10.8 Å². The van der Waals surface area contributed by atoms with Gasteiger partial charge < -0.3 is 15.8 Å². The molecule has 1 rings (SSSR count). The maximum Gasteiger partial charge on any atom is 0.277 e. The number of carbonyl (C=O) groups is 1. The van der Waals surface area contributed by atoms with E-state index in [1.54, 1.807) is 25.1 Å². The number of hydrogen-bond donors (Lipinski definition) is 2. The number of hydrogen-bond acceptors (Lipinski definition) is 3. The van der Waals surface area contributed by atoms with E-state index >= 15 is 0 Å². The van der Waals surface area contributed by atoms with E-state index < -0.39 is 24.9 Å². The summed E-state index contributed by atoms with van der Waals surface area (Å²) in [4.78, 5) is 11.3. The normalized spacial score (nSPS) is 11.2. The molecule has 3 N–H and O–H groups in total. The van der Waals surface area contributed by atoms with Crippen LogP contribution < -0.4 is 15.8 Å². The van der Waals surface area contributed by atoms with Crippen molar-refractivity contribution in [3.63, 3.8) is 0 Å². The van der Waals surface area contributed by atoms with Crippen molar-refractivity contribution in [1.29, 1.82) is 0 Å². The van der Waals surface area contributed by atoms with Crippen LogP contribution in [0.15, 0.2) is 18.2 Å². The van der Waals surface area contributed by atoms with E-state index in [1.165, 1.54) is 0 Å². The molecule has 0 aliphatic carbocycles. The van der Waals surface area contributed by atoms with Gasteiger partial charge in [-0.1, -0.05) is 11.6 Å². The molecule has 1 aromatic rings. The van der Waals surface area contributed by atoms with Crippen LogP contribution in [-0.2, 0) is 4.79 Å². The summed E-state index contributed by atoms with van der Waals surface area (Å²) in [5, 5.41) is 2.61. The number of ether oxygens (including phenoxy) is 1. The first kappa shape index (κ1) is 15.7. The molecule has 0 atom stereocenters. The molecule has 0 bridgehead atoms. The van der Waals surface area contributed by atoms with Gasteiger partial charge in [0.15, 0.2) is 6.61 Å². The van der Waals surface area contributed by atoms with E-state index in [-0.39, 0.29) is 6.61 Å². The Hall–Kier alpha value is -1.40. The van der Waals surface area contributed by atoms with Crippen molar-refractivity contribution < 1.29 is 18.3 Å². The van der Waals surface area contributed by atoms with Crippen LogP contribution >= 0.6 is 11.6 Å². The highest BCUT2D eigenvalue weighted by molar-refractivity contribution is 6.30. The molecular weight excluding hydrogens is 278 g/mol. The van der Waals surface area contributed by atoms with Crippen molar-refractivity contribution in [1.82, 2.24) is 5.32 Å². The topological polar surface area (TPSA) is 64.3 Å². The molecule has 0 heterocycles. The minimum atomic E-state index is -3.11. The number of nitrogens with one attached hydrogen (secondary N) is 1. The average Bonchev–Trinajstić information content (AvgIpc) is 2.35. The fraction of sp³-hybridized carbons (Fsp3) is 0.417. The number of aryl methyl sites for hydroxylation is 1. The summed E-state index contributed by atoms with van der Waals surface area (Å²) in [5.41, 5.74) is 5.60. The Labute approximate surface area is 114 Å². The Morgan fingerprint density at radius 1 is 1.53 bits per heavy atom. The van der Waals surface area contributed by atoms with E-state index in [1.807, 2.05) is 0 Å². The second kappa shape index (κ2) is 6.68. The molecule has 0 spiro atoms. The molecule has 7 heteroatoms. The molecule has 0 radical (unpaired) electrons. The minimum Gasteiger partial charge on any atom is -0.484 e. The zero-order chi connectivity index (χ0) is 14.5. The third-order valence-corrected chi connectivity index (χ3v) is 2.57. The largest absolute Gasteiger partial charge is 0.484 e. The highest BCUT2D eigenvalue weighted by Gasteiger charge is 2.27. The number of rotatable bonds is 6. The van der Waals surface area contributed by atoms with E-state index in [4.69, 9.17) is 22.1 Å². The van der Waals surface area contributed by atoms with Gasteiger partial charge in [0.1, 0.15) is 5.75 Å². The molecule has 4 nitrogen and oxygen atoms in total. The Morgan fingerprint density at radius 2 is 2.21 bits per heavy atom. The molecule has 106 valence electrons. The summed E-state index contributed by atoms with van der Waals surface area (Å²) >= 11 is 5.77. The van der Waals surface area contributed by atoms with Gasteiger partial charge in [-0.15, -0.1) is 0 Å². The zero-order valence-corrected chi connectivity index (χ0v) is 11.1. The molecule has 0 aliphatic rings. The van der Waals surface area contributed by atoms with E-state index in [2.05, 4.69) is 5.32 Å². The fourth-order valence-corrected chi connectivity index (χ4v) is 1.50. The van der Waals surface area contributed by atoms with Gasteiger partial charge in [-0.25, -0.2) is 8.78 Å². The number of halogens is 3. The Morgan fingerprint density at radius 3 is 2.79 bits per heavy atom. The maximum absolute atomic E-state index is 12.8. The molecule has 0 aromatic heterocycles. The summed E-state index contributed by atoms with van der Waals surface area (Å²) in [5.74, 6) is -3.26. The van der Waals surface area contributed by atoms with E-state index in [0.717, 1.165) is 5.56 Å². The van der Waals surface area contributed by atoms with Gasteiger partial charge in [-0.2, -0.15) is 0 Å². The standard InChI is InChI=1S/C12H15ClF2N2O2/c1-8-4-9(13)2-3-10(8)19-5-11(18)17-7-12(14,15)6-16/h2-4H,5-7,16H2,1H3,(H,17,18). The Bertz CT molecular complexity index is 455. The van der Waals surface area contributed by atoms with Gasteiger partial charge in [0, 0.05) is 5.02 Å². The van der Waals surface area contributed by atoms with E-state index in [9.17, 15) is 13.6 Å². The lowest BCUT2D eigenvalue weighted by atomic mass is 10.2. The van der Waals surface area contributed by atoms with Crippen LogP contribution in [0.25, 0.3) is 0 Å². The quantitative estimate of drug-likeness (QED) is 0.839. The fourth-order valence-electron chi connectivity index (χ4n) is 1.27. The van der Waals surface area contributed by atoms with Gasteiger partial charge >= 0.3 is 0 Å². The summed E-state index contributed by atoms with van der Waals surface area (Å²) in [6.45, 7) is -0.194. The minimum absolute atomic E-state index is 0.344. The summed E-state index contributed by atoms with van der Waals surface area (Å²) in [7, 11) is 0. The predicted molar refractivity (Wildman–Crippen MR) is 68.7 cm³/mol. The van der Waals surface area contributed by atoms with Crippen molar-refractivity contribution in [3.05, 3.63) is 28.8 Å². The maximum atomic E-state index is 12.8. The number of amides is 1. The molecular formula is C12H15ClF2N2O2. The second-order valence-electron chi connectivity index (χ2n) is 4.04. The van der Waals surface area contributed by atoms with Crippen molar-refractivity contribution in [2.45, 2.75) is 12.8 Å². The van der Waals surface area contributed by atoms with Crippen LogP contribution in [0.1, 0.15) is 5.56 Å². The van der Waals surface area contributed by atoms with Crippen LogP contribution in [-0.4, -0.2) is 31.5 Å². The first-order valence-electron chi connectivity index (χ1n) is 5.57. The third kappa shape index (κ3) is 5.40. The molecule has 0 aliphatic heterocycles. The van der Waals surface area contributed by atoms with Gasteiger partial charge in [0.2, 0.25) is 0 Å². The van der Waals surface area contributed by atoms with Crippen LogP contribution in [0.2, 0.25) is 5.02 Å². The van der Waals surface area contributed by atoms with Gasteiger partial charge in [0.05, 0.1) is 13.1 Å². The molecule has 0 saturated carbocycles. The van der Waals surface area contributed by atoms with Crippen LogP contribution in [0, 0.1) is 6.92 Å². The number of alkyl halides is 2. The monoisotopic (exact) mass is 292 g/mol. The summed E-state index contributed by atoms with van der Waals surface area (Å²) in [6.07, 6.45) is 0. The van der Waals surface area contributed by atoms with Crippen molar-refractivity contribution in [3.8, 4) is 5.75 Å². The second-order valence-corrected chi connectivity index (χ2v) is 4.47. The number of nitrogens with two attached hydrogens (primary N) is 1.